The van der Waals surface area contributed by atoms with Crippen LogP contribution in [0.3, 0.4) is 0 Å². The molecule has 2 rings (SSSR count). The first-order chi connectivity index (χ1) is 8.04. The molecule has 0 unspecified atom stereocenters. The minimum absolute atomic E-state index is 0.139. The third-order valence-electron chi connectivity index (χ3n) is 1.92. The first-order valence-corrected chi connectivity index (χ1v) is 5.82. The second kappa shape index (κ2) is 5.08. The molecule has 3 nitrogen and oxygen atoms in total. The van der Waals surface area contributed by atoms with Crippen molar-refractivity contribution in [3.05, 3.63) is 45.3 Å². The van der Waals surface area contributed by atoms with E-state index < -0.39 is 0 Å². The van der Waals surface area contributed by atoms with Gasteiger partial charge in [-0.3, -0.25) is 0 Å². The van der Waals surface area contributed by atoms with E-state index in [0.29, 0.717) is 21.7 Å². The Morgan fingerprint density at radius 3 is 2.41 bits per heavy atom. The van der Waals surface area contributed by atoms with Gasteiger partial charge in [0.1, 0.15) is 5.75 Å². The van der Waals surface area contributed by atoms with Crippen LogP contribution >= 0.6 is 34.8 Å². The van der Waals surface area contributed by atoms with E-state index >= 15 is 0 Å². The van der Waals surface area contributed by atoms with Gasteiger partial charge in [-0.2, -0.15) is 4.98 Å². The number of aryl methyl sites for hydroxylation is 1. The number of ether oxygens (including phenoxy) is 1. The maximum absolute atomic E-state index is 5.87. The number of hydrogen-bond acceptors (Lipinski definition) is 3. The molecule has 0 fully saturated rings. The van der Waals surface area contributed by atoms with Crippen molar-refractivity contribution in [2.75, 3.05) is 0 Å². The molecule has 88 valence electrons. The molecule has 1 aromatic carbocycles. The van der Waals surface area contributed by atoms with Gasteiger partial charge >= 0.3 is 0 Å². The van der Waals surface area contributed by atoms with E-state index in [0.717, 1.165) is 5.69 Å². The molecule has 1 heterocycles. The van der Waals surface area contributed by atoms with E-state index in [1.807, 2.05) is 0 Å². The smallest absolute Gasteiger partial charge is 0.225 e. The fourth-order valence-electron chi connectivity index (χ4n) is 1.22. The highest BCUT2D eigenvalue weighted by atomic mass is 35.5. The summed E-state index contributed by atoms with van der Waals surface area (Å²) in [5, 5.41) is 1.03. The van der Waals surface area contributed by atoms with Gasteiger partial charge in [-0.1, -0.05) is 23.2 Å². The van der Waals surface area contributed by atoms with Gasteiger partial charge in [-0.15, -0.1) is 0 Å². The number of aromatic nitrogens is 2. The average Bonchev–Trinajstić information content (AvgIpc) is 2.22. The first-order valence-electron chi connectivity index (χ1n) is 4.69. The van der Waals surface area contributed by atoms with Gasteiger partial charge in [-0.25, -0.2) is 4.98 Å². The molecule has 0 N–H and O–H groups in total. The molecule has 0 saturated carbocycles. The molecule has 0 aliphatic carbocycles. The molecule has 0 saturated heterocycles. The molecule has 1 aromatic heterocycles. The number of halogens is 3. The highest BCUT2D eigenvalue weighted by Crippen LogP contribution is 2.29. The maximum atomic E-state index is 5.87. The van der Waals surface area contributed by atoms with Gasteiger partial charge in [0, 0.05) is 17.8 Å². The summed E-state index contributed by atoms with van der Waals surface area (Å²) in [6.07, 6.45) is 0. The van der Waals surface area contributed by atoms with Gasteiger partial charge in [0.05, 0.1) is 10.0 Å². The summed E-state index contributed by atoms with van der Waals surface area (Å²) in [7, 11) is 0. The third-order valence-corrected chi connectivity index (χ3v) is 2.82. The average molecular weight is 290 g/mol. The number of nitrogens with zero attached hydrogens (tertiary/aromatic N) is 2. The second-order valence-corrected chi connectivity index (χ2v) is 4.45. The second-order valence-electron chi connectivity index (χ2n) is 3.29. The zero-order valence-corrected chi connectivity index (χ0v) is 11.0. The Morgan fingerprint density at radius 1 is 1.00 bits per heavy atom. The largest absolute Gasteiger partial charge is 0.439 e. The predicted molar refractivity (Wildman–Crippen MR) is 68.3 cm³/mol. The zero-order valence-electron chi connectivity index (χ0n) is 8.75. The topological polar surface area (TPSA) is 35.0 Å². The summed E-state index contributed by atoms with van der Waals surface area (Å²) >= 11 is 17.4. The van der Waals surface area contributed by atoms with Crippen LogP contribution in [0.25, 0.3) is 0 Å². The van der Waals surface area contributed by atoms with E-state index in [-0.39, 0.29) is 5.28 Å². The van der Waals surface area contributed by atoms with Crippen molar-refractivity contribution in [1.82, 2.24) is 9.97 Å². The molecule has 17 heavy (non-hydrogen) atoms. The van der Waals surface area contributed by atoms with E-state index in [9.17, 15) is 0 Å². The molecule has 0 radical (unpaired) electrons. The van der Waals surface area contributed by atoms with Crippen LogP contribution in [0.1, 0.15) is 5.69 Å². The number of hydrogen-bond donors (Lipinski definition) is 0. The standard InChI is InChI=1S/C11H7Cl3N2O/c1-6-4-10(16-11(14)15-6)17-7-2-3-8(12)9(13)5-7/h2-5H,1H3. The number of rotatable bonds is 2. The van der Waals surface area contributed by atoms with E-state index in [1.165, 1.54) is 0 Å². The summed E-state index contributed by atoms with van der Waals surface area (Å²) in [6, 6.07) is 6.62. The van der Waals surface area contributed by atoms with Crippen LogP contribution in [0.4, 0.5) is 0 Å². The molecule has 0 aliphatic rings. The van der Waals surface area contributed by atoms with Gasteiger partial charge in [0.2, 0.25) is 11.2 Å². The van der Waals surface area contributed by atoms with Crippen LogP contribution in [0.15, 0.2) is 24.3 Å². The summed E-state index contributed by atoms with van der Waals surface area (Å²) in [5.74, 6) is 0.898. The monoisotopic (exact) mass is 288 g/mol. The van der Waals surface area contributed by atoms with E-state index in [2.05, 4.69) is 9.97 Å². The number of benzene rings is 1. The molecular weight excluding hydrogens is 282 g/mol. The van der Waals surface area contributed by atoms with E-state index in [4.69, 9.17) is 39.5 Å². The van der Waals surface area contributed by atoms with Crippen LogP contribution in [0.5, 0.6) is 11.6 Å². The van der Waals surface area contributed by atoms with E-state index in [1.54, 1.807) is 31.2 Å². The maximum Gasteiger partial charge on any atom is 0.225 e. The summed E-state index contributed by atoms with van der Waals surface area (Å²) in [5.41, 5.74) is 0.722. The van der Waals surface area contributed by atoms with Crippen molar-refractivity contribution in [1.29, 1.82) is 0 Å². The van der Waals surface area contributed by atoms with Crippen LogP contribution < -0.4 is 4.74 Å². The molecule has 0 bridgehead atoms. The third kappa shape index (κ3) is 3.22. The van der Waals surface area contributed by atoms with Gasteiger partial charge in [0.25, 0.3) is 0 Å². The van der Waals surface area contributed by atoms with Gasteiger partial charge < -0.3 is 4.74 Å². The van der Waals surface area contributed by atoms with Crippen LogP contribution in [-0.2, 0) is 0 Å². The normalized spacial score (nSPS) is 10.4. The zero-order chi connectivity index (χ0) is 12.4. The fourth-order valence-corrected chi connectivity index (χ4v) is 1.72. The quantitative estimate of drug-likeness (QED) is 0.761. The lowest BCUT2D eigenvalue weighted by Crippen LogP contribution is -1.92. The van der Waals surface area contributed by atoms with Crippen LogP contribution in [-0.4, -0.2) is 9.97 Å². The first kappa shape index (κ1) is 12.4. The molecular formula is C11H7Cl3N2O. The van der Waals surface area contributed by atoms with Gasteiger partial charge in [0.15, 0.2) is 0 Å². The molecule has 0 spiro atoms. The Bertz CT molecular complexity index is 540. The summed E-state index contributed by atoms with van der Waals surface area (Å²) in [6.45, 7) is 1.80. The minimum Gasteiger partial charge on any atom is -0.439 e. The molecule has 0 atom stereocenters. The minimum atomic E-state index is 0.139. The lowest BCUT2D eigenvalue weighted by Gasteiger charge is -2.06. The highest BCUT2D eigenvalue weighted by Gasteiger charge is 2.05. The van der Waals surface area contributed by atoms with Crippen LogP contribution in [0.2, 0.25) is 15.3 Å². The predicted octanol–water partition coefficient (Wildman–Crippen LogP) is 4.54. The summed E-state index contributed by atoms with van der Waals surface area (Å²) < 4.78 is 5.50. The van der Waals surface area contributed by atoms with Crippen molar-refractivity contribution in [2.45, 2.75) is 6.92 Å². The molecule has 6 heteroatoms. The highest BCUT2D eigenvalue weighted by molar-refractivity contribution is 6.42. The summed E-state index contributed by atoms with van der Waals surface area (Å²) in [4.78, 5) is 7.87. The van der Waals surface area contributed by atoms with Crippen molar-refractivity contribution >= 4 is 34.8 Å². The Labute approximate surface area is 113 Å². The molecule has 0 aliphatic heterocycles. The van der Waals surface area contributed by atoms with Crippen molar-refractivity contribution < 1.29 is 4.74 Å². The molecule has 2 aromatic rings. The lowest BCUT2D eigenvalue weighted by molar-refractivity contribution is 0.461. The lowest BCUT2D eigenvalue weighted by atomic mass is 10.3. The Kier molecular flexibility index (Phi) is 3.72. The SMILES string of the molecule is Cc1cc(Oc2ccc(Cl)c(Cl)c2)nc(Cl)n1. The Morgan fingerprint density at radius 2 is 1.76 bits per heavy atom. The van der Waals surface area contributed by atoms with Crippen molar-refractivity contribution in [3.63, 3.8) is 0 Å². The molecule has 0 amide bonds. The Balaban J connectivity index is 2.28. The van der Waals surface area contributed by atoms with Crippen molar-refractivity contribution in [3.8, 4) is 11.6 Å². The van der Waals surface area contributed by atoms with Gasteiger partial charge in [-0.05, 0) is 30.7 Å². The Hall–Kier alpha value is -1.03. The van der Waals surface area contributed by atoms with Crippen LogP contribution in [0, 0.1) is 6.92 Å². The van der Waals surface area contributed by atoms with Crippen molar-refractivity contribution in [2.24, 2.45) is 0 Å². The fraction of sp³-hybridized carbons (Fsp3) is 0.0909.